The molecule has 180 valence electrons. The van der Waals surface area contributed by atoms with Crippen molar-refractivity contribution in [3.8, 4) is 5.75 Å². The molecule has 1 fully saturated rings. The van der Waals surface area contributed by atoms with E-state index < -0.39 is 0 Å². The number of rotatable bonds is 7. The number of likely N-dealkylation sites (N-methyl/N-ethyl adjacent to an activating group) is 2. The number of fused-ring (bicyclic) bond motifs is 1. The summed E-state index contributed by atoms with van der Waals surface area (Å²) < 4.78 is 7.13. The van der Waals surface area contributed by atoms with E-state index in [9.17, 15) is 9.59 Å². The molecule has 2 aromatic heterocycles. The van der Waals surface area contributed by atoms with Gasteiger partial charge in [0.05, 0.1) is 22.4 Å². The molecule has 3 heterocycles. The summed E-state index contributed by atoms with van der Waals surface area (Å²) in [6.45, 7) is 5.95. The normalized spacial score (nSPS) is 14.3. The second-order valence-electron chi connectivity index (χ2n) is 8.23. The molecule has 1 aromatic carbocycles. The van der Waals surface area contributed by atoms with Gasteiger partial charge >= 0.3 is 0 Å². The average molecular weight is 485 g/mol. The average Bonchev–Trinajstić information content (AvgIpc) is 2.84. The largest absolute Gasteiger partial charge is 0.478 e. The lowest BCUT2D eigenvalue weighted by Gasteiger charge is -2.33. The van der Waals surface area contributed by atoms with Crippen molar-refractivity contribution in [2.75, 3.05) is 57.1 Å². The van der Waals surface area contributed by atoms with Crippen LogP contribution in [-0.2, 0) is 11.3 Å². The Hall–Kier alpha value is -3.30. The Kier molecular flexibility index (Phi) is 7.23. The predicted molar refractivity (Wildman–Crippen MR) is 136 cm³/mol. The molecule has 0 saturated carbocycles. The van der Waals surface area contributed by atoms with Crippen LogP contribution in [0.15, 0.2) is 41.3 Å². The molecular formula is C24H29ClN6O3. The standard InChI is InChI=1S/C24H29ClN6O3/c1-4-31-20-6-5-17(11-16(20)12-21(24(31)33)34-15-23(32)26-2)28-19-13-22(27-14-18(19)25)30-9-7-29(3)8-10-30/h5-6,11-14H,4,7-10,15H2,1-3H3,(H,26,32)(H,27,28). The Bertz CT molecular complexity index is 1250. The number of pyridine rings is 2. The molecule has 1 aliphatic rings. The number of benzene rings is 1. The molecule has 34 heavy (non-hydrogen) atoms. The molecule has 3 aromatic rings. The summed E-state index contributed by atoms with van der Waals surface area (Å²) >= 11 is 6.45. The van der Waals surface area contributed by atoms with Crippen molar-refractivity contribution in [2.24, 2.45) is 0 Å². The summed E-state index contributed by atoms with van der Waals surface area (Å²) in [7, 11) is 3.64. The summed E-state index contributed by atoms with van der Waals surface area (Å²) in [4.78, 5) is 33.4. The van der Waals surface area contributed by atoms with E-state index in [1.165, 1.54) is 7.05 Å². The minimum Gasteiger partial charge on any atom is -0.478 e. The Labute approximate surface area is 203 Å². The van der Waals surface area contributed by atoms with Crippen LogP contribution in [0, 0.1) is 0 Å². The van der Waals surface area contributed by atoms with Crippen molar-refractivity contribution in [3.63, 3.8) is 0 Å². The van der Waals surface area contributed by atoms with Gasteiger partial charge < -0.3 is 29.7 Å². The van der Waals surface area contributed by atoms with Gasteiger partial charge in [0.1, 0.15) is 5.82 Å². The van der Waals surface area contributed by atoms with Crippen LogP contribution in [0.2, 0.25) is 5.02 Å². The highest BCUT2D eigenvalue weighted by Crippen LogP contribution is 2.30. The molecule has 0 bridgehead atoms. The van der Waals surface area contributed by atoms with Crippen LogP contribution in [0.5, 0.6) is 5.75 Å². The van der Waals surface area contributed by atoms with E-state index >= 15 is 0 Å². The topological polar surface area (TPSA) is 91.7 Å². The van der Waals surface area contributed by atoms with Gasteiger partial charge in [-0.15, -0.1) is 0 Å². The highest BCUT2D eigenvalue weighted by molar-refractivity contribution is 6.33. The number of hydrogen-bond acceptors (Lipinski definition) is 7. The molecule has 9 nitrogen and oxygen atoms in total. The maximum Gasteiger partial charge on any atom is 0.293 e. The maximum atomic E-state index is 12.8. The fraction of sp³-hybridized carbons (Fsp3) is 0.375. The maximum absolute atomic E-state index is 12.8. The fourth-order valence-corrected chi connectivity index (χ4v) is 4.11. The van der Waals surface area contributed by atoms with Crippen molar-refractivity contribution in [2.45, 2.75) is 13.5 Å². The first kappa shape index (κ1) is 23.8. The lowest BCUT2D eigenvalue weighted by Crippen LogP contribution is -2.44. The minimum atomic E-state index is -0.304. The monoisotopic (exact) mass is 484 g/mol. The molecule has 0 radical (unpaired) electrons. The van der Waals surface area contributed by atoms with Gasteiger partial charge in [0, 0.05) is 56.9 Å². The van der Waals surface area contributed by atoms with Crippen molar-refractivity contribution in [3.05, 3.63) is 51.9 Å². The molecular weight excluding hydrogens is 456 g/mol. The van der Waals surface area contributed by atoms with Crippen LogP contribution >= 0.6 is 11.6 Å². The molecule has 0 unspecified atom stereocenters. The number of aromatic nitrogens is 2. The summed E-state index contributed by atoms with van der Waals surface area (Å²) in [6.07, 6.45) is 1.66. The van der Waals surface area contributed by atoms with Gasteiger partial charge in [-0.05, 0) is 38.2 Å². The van der Waals surface area contributed by atoms with Gasteiger partial charge in [0.15, 0.2) is 12.4 Å². The summed E-state index contributed by atoms with van der Waals surface area (Å²) in [6, 6.07) is 9.36. The molecule has 0 spiro atoms. The van der Waals surface area contributed by atoms with E-state index in [0.717, 1.165) is 54.3 Å². The first-order valence-electron chi connectivity index (χ1n) is 11.3. The smallest absolute Gasteiger partial charge is 0.293 e. The molecule has 0 aliphatic carbocycles. The number of carbonyl (C=O) groups is 1. The number of halogens is 1. The summed E-state index contributed by atoms with van der Waals surface area (Å²) in [5.74, 6) is 0.710. The summed E-state index contributed by atoms with van der Waals surface area (Å²) in [5, 5.41) is 7.20. The Balaban J connectivity index is 1.63. The highest BCUT2D eigenvalue weighted by atomic mass is 35.5. The quantitative estimate of drug-likeness (QED) is 0.532. The third-order valence-corrected chi connectivity index (χ3v) is 6.26. The van der Waals surface area contributed by atoms with Crippen LogP contribution in [0.25, 0.3) is 10.9 Å². The van der Waals surface area contributed by atoms with Crippen LogP contribution in [-0.4, -0.2) is 67.2 Å². The number of amides is 1. The summed E-state index contributed by atoms with van der Waals surface area (Å²) in [5.41, 5.74) is 2.08. The van der Waals surface area contributed by atoms with E-state index in [0.29, 0.717) is 11.6 Å². The van der Waals surface area contributed by atoms with Crippen LogP contribution in [0.1, 0.15) is 6.92 Å². The van der Waals surface area contributed by atoms with Gasteiger partial charge in [-0.25, -0.2) is 4.98 Å². The number of nitrogens with zero attached hydrogens (tertiary/aromatic N) is 4. The number of anilines is 3. The third-order valence-electron chi connectivity index (χ3n) is 5.96. The van der Waals surface area contributed by atoms with Crippen LogP contribution < -0.4 is 25.8 Å². The van der Waals surface area contributed by atoms with E-state index in [2.05, 4.69) is 32.5 Å². The Morgan fingerprint density at radius 3 is 2.65 bits per heavy atom. The molecule has 1 aliphatic heterocycles. The van der Waals surface area contributed by atoms with E-state index in [1.807, 2.05) is 31.2 Å². The SMILES string of the molecule is CCn1c(=O)c(OCC(=O)NC)cc2cc(Nc3cc(N4CCN(C)CC4)ncc3Cl)ccc21. The van der Waals surface area contributed by atoms with Crippen molar-refractivity contribution >= 4 is 45.6 Å². The van der Waals surface area contributed by atoms with E-state index in [-0.39, 0.29) is 23.8 Å². The zero-order chi connectivity index (χ0) is 24.2. The molecule has 10 heteroatoms. The van der Waals surface area contributed by atoms with Gasteiger partial charge in [-0.1, -0.05) is 11.6 Å². The molecule has 4 rings (SSSR count). The minimum absolute atomic E-state index is 0.134. The lowest BCUT2D eigenvalue weighted by molar-refractivity contribution is -0.122. The van der Waals surface area contributed by atoms with Gasteiger partial charge in [-0.2, -0.15) is 0 Å². The highest BCUT2D eigenvalue weighted by Gasteiger charge is 2.17. The number of carbonyl (C=O) groups excluding carboxylic acids is 1. The number of nitrogens with one attached hydrogen (secondary N) is 2. The van der Waals surface area contributed by atoms with Gasteiger partial charge in [0.2, 0.25) is 0 Å². The Morgan fingerprint density at radius 1 is 1.18 bits per heavy atom. The lowest BCUT2D eigenvalue weighted by atomic mass is 10.1. The van der Waals surface area contributed by atoms with Crippen LogP contribution in [0.3, 0.4) is 0 Å². The molecule has 1 saturated heterocycles. The van der Waals surface area contributed by atoms with Crippen LogP contribution in [0.4, 0.5) is 17.2 Å². The third kappa shape index (κ3) is 5.10. The fourth-order valence-electron chi connectivity index (χ4n) is 3.96. The van der Waals surface area contributed by atoms with Crippen molar-refractivity contribution < 1.29 is 9.53 Å². The van der Waals surface area contributed by atoms with E-state index in [4.69, 9.17) is 16.3 Å². The first-order chi connectivity index (χ1) is 16.4. The molecule has 1 amide bonds. The number of piperazine rings is 1. The zero-order valence-electron chi connectivity index (χ0n) is 19.6. The molecule has 0 atom stereocenters. The predicted octanol–water partition coefficient (Wildman–Crippen LogP) is 2.69. The zero-order valence-corrected chi connectivity index (χ0v) is 20.4. The number of ether oxygens (including phenoxy) is 1. The Morgan fingerprint density at radius 2 is 1.94 bits per heavy atom. The van der Waals surface area contributed by atoms with Crippen molar-refractivity contribution in [1.29, 1.82) is 0 Å². The van der Waals surface area contributed by atoms with Crippen molar-refractivity contribution in [1.82, 2.24) is 19.8 Å². The van der Waals surface area contributed by atoms with E-state index in [1.54, 1.807) is 16.8 Å². The molecule has 2 N–H and O–H groups in total. The second kappa shape index (κ2) is 10.3. The second-order valence-corrected chi connectivity index (χ2v) is 8.64. The van der Waals surface area contributed by atoms with Gasteiger partial charge in [0.25, 0.3) is 11.5 Å². The first-order valence-corrected chi connectivity index (χ1v) is 11.6. The number of aryl methyl sites for hydroxylation is 1. The van der Waals surface area contributed by atoms with Gasteiger partial charge in [-0.3, -0.25) is 9.59 Å². The number of hydrogen-bond donors (Lipinski definition) is 2.